The minimum absolute atomic E-state index is 0.0775. The number of rotatable bonds is 0. The first-order valence-electron chi connectivity index (χ1n) is 2.21. The van der Waals surface area contributed by atoms with Crippen molar-refractivity contribution in [1.82, 2.24) is 5.32 Å². The molecule has 1 saturated heterocycles. The highest BCUT2D eigenvalue weighted by atomic mass is 16.6. The van der Waals surface area contributed by atoms with E-state index in [0.717, 1.165) is 0 Å². The van der Waals surface area contributed by atoms with Gasteiger partial charge in [-0.1, -0.05) is 0 Å². The highest BCUT2D eigenvalue weighted by Crippen LogP contribution is 1.84. The van der Waals surface area contributed by atoms with Crippen LogP contribution in [-0.2, 0) is 9.53 Å². The summed E-state index contributed by atoms with van der Waals surface area (Å²) in [6.07, 6.45) is -0.510. The third-order valence-electron chi connectivity index (χ3n) is 0.794. The maximum atomic E-state index is 10.3. The third-order valence-corrected chi connectivity index (χ3v) is 0.794. The van der Waals surface area contributed by atoms with Gasteiger partial charge in [0.05, 0.1) is 6.54 Å². The average Bonchev–Trinajstić information content (AvgIpc) is 1.77. The molecule has 1 rings (SSSR count). The maximum Gasteiger partial charge on any atom is 0.407 e. The van der Waals surface area contributed by atoms with Crippen LogP contribution in [0.25, 0.3) is 0 Å². The molecule has 44 valence electrons. The molecule has 0 radical (unpaired) electrons. The van der Waals surface area contributed by atoms with Crippen LogP contribution in [0.3, 0.4) is 0 Å². The molecule has 0 aliphatic carbocycles. The van der Waals surface area contributed by atoms with E-state index in [4.69, 9.17) is 0 Å². The predicted octanol–water partition coefficient (Wildman–Crippen LogP) is -0.705. The van der Waals surface area contributed by atoms with E-state index in [2.05, 4.69) is 10.1 Å². The normalized spacial score (nSPS) is 19.5. The van der Waals surface area contributed by atoms with Gasteiger partial charge in [0.25, 0.3) is 0 Å². The van der Waals surface area contributed by atoms with Crippen molar-refractivity contribution in [3.05, 3.63) is 0 Å². The number of nitrogens with one attached hydrogen (secondary N) is 1. The molecule has 8 heavy (non-hydrogen) atoms. The molecular formula is C4H5NO3. The van der Waals surface area contributed by atoms with E-state index in [1.165, 1.54) is 0 Å². The molecule has 0 unspecified atom stereocenters. The fraction of sp³-hybridized carbons (Fsp3) is 0.500. The summed E-state index contributed by atoms with van der Waals surface area (Å²) in [6, 6.07) is 0. The first-order valence-corrected chi connectivity index (χ1v) is 2.21. The summed E-state index contributed by atoms with van der Waals surface area (Å²) in [4.78, 5) is 20.4. The number of amides is 1. The number of ketones is 1. The van der Waals surface area contributed by atoms with E-state index in [1.807, 2.05) is 0 Å². The van der Waals surface area contributed by atoms with Crippen LogP contribution < -0.4 is 5.32 Å². The number of hydrogen-bond acceptors (Lipinski definition) is 3. The lowest BCUT2D eigenvalue weighted by Gasteiger charge is -2.09. The lowest BCUT2D eigenvalue weighted by molar-refractivity contribution is -0.122. The van der Waals surface area contributed by atoms with Gasteiger partial charge in [0, 0.05) is 0 Å². The maximum absolute atomic E-state index is 10.3. The zero-order valence-electron chi connectivity index (χ0n) is 4.14. The topological polar surface area (TPSA) is 55.4 Å². The standard InChI is InChI=1S/C4H5NO3/c6-3-1-5-4(7)8-2-3/h1-2H2,(H,5,7). The Morgan fingerprint density at radius 3 is 2.62 bits per heavy atom. The van der Waals surface area contributed by atoms with Crippen LogP contribution in [0.2, 0.25) is 0 Å². The number of cyclic esters (lactones) is 1. The van der Waals surface area contributed by atoms with Crippen molar-refractivity contribution >= 4 is 11.9 Å². The predicted molar refractivity (Wildman–Crippen MR) is 24.4 cm³/mol. The van der Waals surface area contributed by atoms with Crippen LogP contribution in [0, 0.1) is 0 Å². The monoisotopic (exact) mass is 115 g/mol. The molecule has 1 N–H and O–H groups in total. The second kappa shape index (κ2) is 1.81. The van der Waals surface area contributed by atoms with Gasteiger partial charge in [0.2, 0.25) is 0 Å². The minimum atomic E-state index is -0.510. The summed E-state index contributed by atoms with van der Waals surface area (Å²) in [7, 11) is 0. The van der Waals surface area contributed by atoms with E-state index >= 15 is 0 Å². The third kappa shape index (κ3) is 0.959. The molecule has 0 spiro atoms. The Hall–Kier alpha value is -1.06. The quantitative estimate of drug-likeness (QED) is 0.454. The number of carbonyl (C=O) groups is 2. The molecule has 4 nitrogen and oxygen atoms in total. The number of ether oxygens (including phenoxy) is 1. The lowest BCUT2D eigenvalue weighted by Crippen LogP contribution is -2.38. The van der Waals surface area contributed by atoms with Gasteiger partial charge in [0.1, 0.15) is 0 Å². The Labute approximate surface area is 45.8 Å². The molecule has 1 fully saturated rings. The van der Waals surface area contributed by atoms with Crippen LogP contribution in [0.1, 0.15) is 0 Å². The molecule has 1 aliphatic heterocycles. The van der Waals surface area contributed by atoms with Crippen molar-refractivity contribution in [2.45, 2.75) is 0 Å². The summed E-state index contributed by atoms with van der Waals surface area (Å²) in [5, 5.41) is 2.22. The van der Waals surface area contributed by atoms with Gasteiger partial charge >= 0.3 is 6.09 Å². The zero-order valence-corrected chi connectivity index (χ0v) is 4.14. The fourth-order valence-electron chi connectivity index (χ4n) is 0.419. The van der Waals surface area contributed by atoms with Crippen LogP contribution in [0.15, 0.2) is 0 Å². The van der Waals surface area contributed by atoms with Gasteiger partial charge in [-0.15, -0.1) is 0 Å². The first kappa shape index (κ1) is 5.08. The van der Waals surface area contributed by atoms with Crippen molar-refractivity contribution < 1.29 is 14.3 Å². The Balaban J connectivity index is 2.40. The van der Waals surface area contributed by atoms with Gasteiger partial charge in [0.15, 0.2) is 12.4 Å². The molecule has 4 heteroatoms. The molecule has 0 aromatic carbocycles. The summed E-state index contributed by atoms with van der Waals surface area (Å²) < 4.78 is 4.29. The number of alkyl carbamates (subject to hydrolysis) is 1. The van der Waals surface area contributed by atoms with Crippen molar-refractivity contribution in [1.29, 1.82) is 0 Å². The van der Waals surface area contributed by atoms with Crippen LogP contribution >= 0.6 is 0 Å². The molecule has 1 amide bonds. The first-order chi connectivity index (χ1) is 3.79. The van der Waals surface area contributed by atoms with Gasteiger partial charge in [-0.3, -0.25) is 4.79 Å². The van der Waals surface area contributed by atoms with Crippen molar-refractivity contribution in [2.24, 2.45) is 0 Å². The SMILES string of the molecule is O=C1CNC(=O)OC1. The largest absolute Gasteiger partial charge is 0.441 e. The van der Waals surface area contributed by atoms with E-state index in [1.54, 1.807) is 0 Å². The van der Waals surface area contributed by atoms with Crippen molar-refractivity contribution in [3.63, 3.8) is 0 Å². The van der Waals surface area contributed by atoms with Gasteiger partial charge in [-0.2, -0.15) is 0 Å². The molecule has 1 heterocycles. The molecule has 0 aromatic heterocycles. The second-order valence-electron chi connectivity index (χ2n) is 1.47. The van der Waals surface area contributed by atoms with E-state index in [9.17, 15) is 9.59 Å². The summed E-state index contributed by atoms with van der Waals surface area (Å²) in [6.45, 7) is 0.0324. The van der Waals surface area contributed by atoms with Gasteiger partial charge < -0.3 is 10.1 Å². The van der Waals surface area contributed by atoms with Gasteiger partial charge in [-0.25, -0.2) is 4.79 Å². The molecule has 0 aromatic rings. The van der Waals surface area contributed by atoms with Crippen LogP contribution in [0.4, 0.5) is 4.79 Å². The Kier molecular flexibility index (Phi) is 1.15. The molecular weight excluding hydrogens is 110 g/mol. The van der Waals surface area contributed by atoms with Crippen LogP contribution in [0.5, 0.6) is 0 Å². The lowest BCUT2D eigenvalue weighted by atomic mass is 10.4. The molecule has 0 bridgehead atoms. The average molecular weight is 115 g/mol. The number of hydrogen-bond donors (Lipinski definition) is 1. The Morgan fingerprint density at radius 2 is 2.25 bits per heavy atom. The Morgan fingerprint density at radius 1 is 1.50 bits per heavy atom. The molecule has 0 atom stereocenters. The van der Waals surface area contributed by atoms with Crippen molar-refractivity contribution in [3.8, 4) is 0 Å². The molecule has 1 aliphatic rings. The number of carbonyl (C=O) groups excluding carboxylic acids is 2. The highest BCUT2D eigenvalue weighted by molar-refractivity contribution is 5.89. The van der Waals surface area contributed by atoms with Crippen LogP contribution in [-0.4, -0.2) is 25.0 Å². The second-order valence-corrected chi connectivity index (χ2v) is 1.47. The zero-order chi connectivity index (χ0) is 5.98. The smallest absolute Gasteiger partial charge is 0.407 e. The Bertz CT molecular complexity index is 103. The van der Waals surface area contributed by atoms with E-state index in [0.29, 0.717) is 0 Å². The summed E-state index contributed by atoms with van der Waals surface area (Å²) in [5.74, 6) is -0.0930. The molecule has 0 saturated carbocycles. The fourth-order valence-corrected chi connectivity index (χ4v) is 0.419. The van der Waals surface area contributed by atoms with Crippen molar-refractivity contribution in [2.75, 3.05) is 13.2 Å². The van der Waals surface area contributed by atoms with E-state index in [-0.39, 0.29) is 18.9 Å². The number of Topliss-reactive ketones (excluding diaryl/α,β-unsaturated/α-hetero) is 1. The van der Waals surface area contributed by atoms with E-state index < -0.39 is 6.09 Å². The minimum Gasteiger partial charge on any atom is -0.441 e. The van der Waals surface area contributed by atoms with Gasteiger partial charge in [-0.05, 0) is 0 Å². The summed E-state index contributed by atoms with van der Waals surface area (Å²) >= 11 is 0. The highest BCUT2D eigenvalue weighted by Gasteiger charge is 2.13. The summed E-state index contributed by atoms with van der Waals surface area (Å²) in [5.41, 5.74) is 0.